The third-order valence-corrected chi connectivity index (χ3v) is 4.19. The van der Waals surface area contributed by atoms with Crippen molar-refractivity contribution in [2.45, 2.75) is 18.9 Å². The number of benzene rings is 1. The second-order valence-corrected chi connectivity index (χ2v) is 5.78. The Balaban J connectivity index is 1.90. The maximum absolute atomic E-state index is 12.2. The summed E-state index contributed by atoms with van der Waals surface area (Å²) in [6, 6.07) is 9.68. The molecule has 0 spiro atoms. The van der Waals surface area contributed by atoms with E-state index < -0.39 is 11.9 Å². The molecule has 0 aromatic heterocycles. The Hall–Kier alpha value is -1.92. The molecular formula is C17H25N3O3. The molecule has 2 rings (SSSR count). The molecule has 0 unspecified atom stereocenters. The Labute approximate surface area is 137 Å². The molecule has 1 heterocycles. The second-order valence-electron chi connectivity index (χ2n) is 5.78. The van der Waals surface area contributed by atoms with Gasteiger partial charge in [-0.15, -0.1) is 0 Å². The van der Waals surface area contributed by atoms with Crippen LogP contribution in [0.5, 0.6) is 0 Å². The highest BCUT2D eigenvalue weighted by Gasteiger charge is 2.33. The number of hydrogen-bond donors (Lipinski definition) is 1. The zero-order valence-corrected chi connectivity index (χ0v) is 13.6. The fourth-order valence-corrected chi connectivity index (χ4v) is 2.85. The second kappa shape index (κ2) is 8.64. The van der Waals surface area contributed by atoms with E-state index in [0.29, 0.717) is 19.7 Å². The van der Waals surface area contributed by atoms with Gasteiger partial charge in [-0.1, -0.05) is 30.3 Å². The number of ether oxygens (including phenoxy) is 1. The van der Waals surface area contributed by atoms with Gasteiger partial charge in [-0.05, 0) is 12.0 Å². The van der Waals surface area contributed by atoms with Gasteiger partial charge in [0.2, 0.25) is 11.8 Å². The molecule has 1 aliphatic heterocycles. The molecule has 1 saturated heterocycles. The normalized spacial score (nSPS) is 18.8. The van der Waals surface area contributed by atoms with E-state index in [2.05, 4.69) is 17.0 Å². The van der Waals surface area contributed by atoms with Crippen LogP contribution in [0.2, 0.25) is 0 Å². The molecule has 0 saturated carbocycles. The van der Waals surface area contributed by atoms with Crippen molar-refractivity contribution < 1.29 is 14.3 Å². The molecule has 2 amide bonds. The van der Waals surface area contributed by atoms with Gasteiger partial charge in [0.05, 0.1) is 13.0 Å². The number of methoxy groups -OCH3 is 1. The SMILES string of the molecule is COCCC(=O)N1CCN(CCc2ccccc2)C[C@@H]1C(N)=O. The highest BCUT2D eigenvalue weighted by atomic mass is 16.5. The molecule has 1 fully saturated rings. The van der Waals surface area contributed by atoms with Crippen LogP contribution in [0.1, 0.15) is 12.0 Å². The van der Waals surface area contributed by atoms with Crippen LogP contribution in [0.3, 0.4) is 0 Å². The standard InChI is InChI=1S/C17H25N3O3/c1-23-12-8-16(21)20-11-10-19(13-15(20)17(18)22)9-7-14-5-3-2-4-6-14/h2-6,15H,7-13H2,1H3,(H2,18,22)/t15-/m1/s1. The van der Waals surface area contributed by atoms with Crippen LogP contribution in [-0.4, -0.2) is 67.6 Å². The van der Waals surface area contributed by atoms with Crippen molar-refractivity contribution in [2.75, 3.05) is 39.9 Å². The van der Waals surface area contributed by atoms with Crippen molar-refractivity contribution in [1.29, 1.82) is 0 Å². The summed E-state index contributed by atoms with van der Waals surface area (Å²) in [5, 5.41) is 0. The van der Waals surface area contributed by atoms with Crippen molar-refractivity contribution >= 4 is 11.8 Å². The summed E-state index contributed by atoms with van der Waals surface area (Å²) in [6.45, 7) is 3.01. The number of rotatable bonds is 7. The lowest BCUT2D eigenvalue weighted by Crippen LogP contribution is -2.60. The topological polar surface area (TPSA) is 75.9 Å². The minimum Gasteiger partial charge on any atom is -0.384 e. The molecule has 0 radical (unpaired) electrons. The molecule has 1 aromatic rings. The summed E-state index contributed by atoms with van der Waals surface area (Å²) in [6.07, 6.45) is 1.20. The lowest BCUT2D eigenvalue weighted by Gasteiger charge is -2.40. The van der Waals surface area contributed by atoms with E-state index in [-0.39, 0.29) is 12.3 Å². The van der Waals surface area contributed by atoms with Gasteiger partial charge in [0.25, 0.3) is 0 Å². The number of carbonyl (C=O) groups excluding carboxylic acids is 2. The van der Waals surface area contributed by atoms with Crippen LogP contribution in [0.25, 0.3) is 0 Å². The largest absolute Gasteiger partial charge is 0.384 e. The first kappa shape index (κ1) is 17.4. The number of hydrogen-bond acceptors (Lipinski definition) is 4. The van der Waals surface area contributed by atoms with Gasteiger partial charge < -0.3 is 15.4 Å². The zero-order chi connectivity index (χ0) is 16.7. The maximum atomic E-state index is 12.2. The lowest BCUT2D eigenvalue weighted by atomic mass is 10.1. The van der Waals surface area contributed by atoms with Crippen molar-refractivity contribution in [3.63, 3.8) is 0 Å². The Kier molecular flexibility index (Phi) is 6.55. The van der Waals surface area contributed by atoms with Crippen LogP contribution in [0, 0.1) is 0 Å². The van der Waals surface area contributed by atoms with Crippen molar-refractivity contribution in [1.82, 2.24) is 9.80 Å². The summed E-state index contributed by atoms with van der Waals surface area (Å²) in [4.78, 5) is 27.7. The van der Waals surface area contributed by atoms with Crippen LogP contribution in [0.4, 0.5) is 0 Å². The van der Waals surface area contributed by atoms with Gasteiger partial charge in [0, 0.05) is 33.3 Å². The zero-order valence-electron chi connectivity index (χ0n) is 13.6. The van der Waals surface area contributed by atoms with Crippen molar-refractivity contribution in [3.8, 4) is 0 Å². The van der Waals surface area contributed by atoms with Gasteiger partial charge in [-0.3, -0.25) is 14.5 Å². The molecule has 6 heteroatoms. The smallest absolute Gasteiger partial charge is 0.241 e. The first-order valence-corrected chi connectivity index (χ1v) is 7.96. The van der Waals surface area contributed by atoms with E-state index in [1.807, 2.05) is 18.2 Å². The van der Waals surface area contributed by atoms with E-state index in [9.17, 15) is 9.59 Å². The number of amides is 2. The minimum atomic E-state index is -0.552. The summed E-state index contributed by atoms with van der Waals surface area (Å²) < 4.78 is 4.93. The van der Waals surface area contributed by atoms with Crippen LogP contribution in [-0.2, 0) is 20.7 Å². The third kappa shape index (κ3) is 5.04. The highest BCUT2D eigenvalue weighted by molar-refractivity contribution is 5.87. The maximum Gasteiger partial charge on any atom is 0.241 e. The van der Waals surface area contributed by atoms with Crippen molar-refractivity contribution in [2.24, 2.45) is 5.73 Å². The summed E-state index contributed by atoms with van der Waals surface area (Å²) in [5.74, 6) is -0.515. The van der Waals surface area contributed by atoms with Crippen molar-refractivity contribution in [3.05, 3.63) is 35.9 Å². The predicted octanol–water partition coefficient (Wildman–Crippen LogP) is 0.264. The summed E-state index contributed by atoms with van der Waals surface area (Å²) in [5.41, 5.74) is 6.77. The van der Waals surface area contributed by atoms with Crippen LogP contribution < -0.4 is 5.73 Å². The van der Waals surface area contributed by atoms with Crippen LogP contribution in [0.15, 0.2) is 30.3 Å². The van der Waals surface area contributed by atoms with E-state index in [1.165, 1.54) is 5.56 Å². The lowest BCUT2D eigenvalue weighted by molar-refractivity contribution is -0.143. The number of nitrogens with two attached hydrogens (primary N) is 1. The quantitative estimate of drug-likeness (QED) is 0.782. The molecule has 1 aliphatic rings. The number of piperazine rings is 1. The Morgan fingerprint density at radius 2 is 2.00 bits per heavy atom. The van der Waals surface area contributed by atoms with Crippen LogP contribution >= 0.6 is 0 Å². The number of carbonyl (C=O) groups is 2. The molecule has 6 nitrogen and oxygen atoms in total. The Bertz CT molecular complexity index is 521. The molecule has 1 atom stereocenters. The Morgan fingerprint density at radius 3 is 2.65 bits per heavy atom. The van der Waals surface area contributed by atoms with E-state index in [1.54, 1.807) is 12.0 Å². The fraction of sp³-hybridized carbons (Fsp3) is 0.529. The average molecular weight is 319 g/mol. The molecular weight excluding hydrogens is 294 g/mol. The molecule has 2 N–H and O–H groups in total. The molecule has 1 aromatic carbocycles. The average Bonchev–Trinajstić information content (AvgIpc) is 2.58. The number of primary amides is 1. The first-order valence-electron chi connectivity index (χ1n) is 7.96. The van der Waals surface area contributed by atoms with Gasteiger partial charge in [-0.25, -0.2) is 0 Å². The molecule has 0 bridgehead atoms. The third-order valence-electron chi connectivity index (χ3n) is 4.19. The predicted molar refractivity (Wildman–Crippen MR) is 87.8 cm³/mol. The monoisotopic (exact) mass is 319 g/mol. The van der Waals surface area contributed by atoms with E-state index in [0.717, 1.165) is 19.5 Å². The molecule has 23 heavy (non-hydrogen) atoms. The van der Waals surface area contributed by atoms with E-state index >= 15 is 0 Å². The van der Waals surface area contributed by atoms with E-state index in [4.69, 9.17) is 10.5 Å². The van der Waals surface area contributed by atoms with Gasteiger partial charge in [-0.2, -0.15) is 0 Å². The van der Waals surface area contributed by atoms with Gasteiger partial charge in [0.1, 0.15) is 6.04 Å². The summed E-state index contributed by atoms with van der Waals surface area (Å²) >= 11 is 0. The summed E-state index contributed by atoms with van der Waals surface area (Å²) in [7, 11) is 1.56. The molecule has 126 valence electrons. The number of nitrogens with zero attached hydrogens (tertiary/aromatic N) is 2. The first-order chi connectivity index (χ1) is 11.1. The fourth-order valence-electron chi connectivity index (χ4n) is 2.85. The minimum absolute atomic E-state index is 0.0710. The molecule has 0 aliphatic carbocycles. The van der Waals surface area contributed by atoms with Gasteiger partial charge in [0.15, 0.2) is 0 Å². The highest BCUT2D eigenvalue weighted by Crippen LogP contribution is 2.12. The Morgan fingerprint density at radius 1 is 1.26 bits per heavy atom. The van der Waals surface area contributed by atoms with Gasteiger partial charge >= 0.3 is 0 Å².